The van der Waals surface area contributed by atoms with Crippen LogP contribution in [0.4, 0.5) is 0 Å². The molecule has 1 aliphatic carbocycles. The molecule has 0 amide bonds. The fourth-order valence-electron chi connectivity index (χ4n) is 1.36. The Balaban J connectivity index is 3.08. The smallest absolute Gasteiger partial charge is 0.0234 e. The molecule has 0 aromatic rings. The van der Waals surface area contributed by atoms with Gasteiger partial charge in [0, 0.05) is 5.57 Å². The summed E-state index contributed by atoms with van der Waals surface area (Å²) in [6.45, 7) is 9.90. The highest BCUT2D eigenvalue weighted by atomic mass is 14.0. The molecule has 17 heavy (non-hydrogen) atoms. The second-order valence-corrected chi connectivity index (χ2v) is 3.98. The monoisotopic (exact) mass is 222 g/mol. The highest BCUT2D eigenvalue weighted by Gasteiger charge is 1.96. The van der Waals surface area contributed by atoms with Crippen LogP contribution in [0.25, 0.3) is 0 Å². The first-order valence-corrected chi connectivity index (χ1v) is 5.70. The van der Waals surface area contributed by atoms with E-state index in [1.165, 1.54) is 0 Å². The van der Waals surface area contributed by atoms with Crippen LogP contribution in [0.2, 0.25) is 0 Å². The second-order valence-electron chi connectivity index (χ2n) is 3.98. The minimum absolute atomic E-state index is 1.04. The highest BCUT2D eigenvalue weighted by Crippen LogP contribution is 2.15. The van der Waals surface area contributed by atoms with Crippen LogP contribution < -0.4 is 0 Å². The van der Waals surface area contributed by atoms with Gasteiger partial charge in [0.25, 0.3) is 0 Å². The zero-order valence-corrected chi connectivity index (χ0v) is 10.7. The molecule has 0 aromatic carbocycles. The van der Waals surface area contributed by atoms with Gasteiger partial charge in [-0.25, -0.2) is 0 Å². The van der Waals surface area contributed by atoms with Gasteiger partial charge in [0.2, 0.25) is 0 Å². The molecule has 1 rings (SSSR count). The molecule has 0 N–H and O–H groups in total. The first kappa shape index (κ1) is 13.1. The molecule has 0 saturated heterocycles. The summed E-state index contributed by atoms with van der Waals surface area (Å²) >= 11 is 0. The Morgan fingerprint density at radius 2 is 1.88 bits per heavy atom. The van der Waals surface area contributed by atoms with Crippen molar-refractivity contribution in [3.63, 3.8) is 0 Å². The van der Waals surface area contributed by atoms with Crippen LogP contribution in [0, 0.1) is 0 Å². The topological polar surface area (TPSA) is 0 Å². The molecular weight excluding hydrogens is 204 g/mol. The largest absolute Gasteiger partial charge is 0.117 e. The van der Waals surface area contributed by atoms with Gasteiger partial charge in [0.15, 0.2) is 0 Å². The second kappa shape index (κ2) is 6.55. The van der Waals surface area contributed by atoms with Crippen molar-refractivity contribution in [2.24, 2.45) is 0 Å². The third-order valence-corrected chi connectivity index (χ3v) is 2.30. The molecule has 0 nitrogen and oxygen atoms in total. The van der Waals surface area contributed by atoms with Crippen LogP contribution in [0.1, 0.15) is 20.8 Å². The SMILES string of the molecule is C=C(C)C=CC(=CC)C1=C=CC=C=C(C)C=C1. The Labute approximate surface area is 104 Å². The first-order chi connectivity index (χ1) is 8.13. The molecule has 0 heteroatoms. The van der Waals surface area contributed by atoms with E-state index < -0.39 is 0 Å². The van der Waals surface area contributed by atoms with E-state index in [1.54, 1.807) is 0 Å². The summed E-state index contributed by atoms with van der Waals surface area (Å²) in [5, 5.41) is 0. The molecule has 0 saturated carbocycles. The lowest BCUT2D eigenvalue weighted by atomic mass is 10.0. The fraction of sp³-hybridized carbons (Fsp3) is 0.176. The third kappa shape index (κ3) is 4.57. The lowest BCUT2D eigenvalue weighted by Gasteiger charge is -2.01. The number of rotatable bonds is 3. The van der Waals surface area contributed by atoms with Gasteiger partial charge in [-0.3, -0.25) is 0 Å². The van der Waals surface area contributed by atoms with Crippen molar-refractivity contribution in [2.75, 3.05) is 0 Å². The number of allylic oxidation sites excluding steroid dienone is 9. The van der Waals surface area contributed by atoms with Gasteiger partial charge in [-0.2, -0.15) is 0 Å². The minimum atomic E-state index is 1.04. The van der Waals surface area contributed by atoms with Crippen molar-refractivity contribution in [3.05, 3.63) is 82.9 Å². The third-order valence-electron chi connectivity index (χ3n) is 2.30. The Morgan fingerprint density at radius 3 is 2.53 bits per heavy atom. The molecule has 0 aliphatic heterocycles. The van der Waals surface area contributed by atoms with Gasteiger partial charge in [-0.15, -0.1) is 11.5 Å². The van der Waals surface area contributed by atoms with Gasteiger partial charge in [-0.1, -0.05) is 36.5 Å². The quantitative estimate of drug-likeness (QED) is 0.474. The van der Waals surface area contributed by atoms with Crippen molar-refractivity contribution in [1.82, 2.24) is 0 Å². The van der Waals surface area contributed by atoms with Crippen molar-refractivity contribution in [1.29, 1.82) is 0 Å². The summed E-state index contributed by atoms with van der Waals surface area (Å²) in [6, 6.07) is 0. The Morgan fingerprint density at radius 1 is 1.18 bits per heavy atom. The van der Waals surface area contributed by atoms with Crippen LogP contribution in [0.3, 0.4) is 0 Å². The van der Waals surface area contributed by atoms with Crippen LogP contribution in [-0.2, 0) is 0 Å². The zero-order valence-electron chi connectivity index (χ0n) is 10.7. The van der Waals surface area contributed by atoms with E-state index >= 15 is 0 Å². The standard InChI is InChI=1S/C17H18/c1-5-16(12-10-14(2)3)17-9-7-6-8-15(4)11-13-17/h5-7,10-13H,2H2,1,3-4H3. The van der Waals surface area contributed by atoms with E-state index in [-0.39, 0.29) is 0 Å². The predicted octanol–water partition coefficient (Wildman–Crippen LogP) is 4.82. The molecule has 0 heterocycles. The molecule has 0 bridgehead atoms. The molecule has 0 radical (unpaired) electrons. The normalized spacial score (nSPS) is 15.6. The molecule has 0 atom stereocenters. The van der Waals surface area contributed by atoms with Gasteiger partial charge in [-0.05, 0) is 50.1 Å². The molecule has 1 aliphatic rings. The predicted molar refractivity (Wildman–Crippen MR) is 75.7 cm³/mol. The van der Waals surface area contributed by atoms with E-state index in [0.29, 0.717) is 0 Å². The molecule has 0 aromatic heterocycles. The van der Waals surface area contributed by atoms with Crippen molar-refractivity contribution in [3.8, 4) is 0 Å². The number of hydrogen-bond donors (Lipinski definition) is 0. The first-order valence-electron chi connectivity index (χ1n) is 5.70. The van der Waals surface area contributed by atoms with E-state index in [1.807, 2.05) is 45.1 Å². The van der Waals surface area contributed by atoms with Crippen molar-refractivity contribution >= 4 is 0 Å². The Kier molecular flexibility index (Phi) is 5.04. The molecule has 0 fully saturated rings. The summed E-state index contributed by atoms with van der Waals surface area (Å²) in [4.78, 5) is 0. The fourth-order valence-corrected chi connectivity index (χ4v) is 1.36. The average molecular weight is 222 g/mol. The molecule has 0 unspecified atom stereocenters. The van der Waals surface area contributed by atoms with Gasteiger partial charge < -0.3 is 0 Å². The molecular formula is C17H18. The maximum atomic E-state index is 3.86. The van der Waals surface area contributed by atoms with E-state index in [0.717, 1.165) is 22.3 Å². The van der Waals surface area contributed by atoms with Crippen LogP contribution in [0.5, 0.6) is 0 Å². The lowest BCUT2D eigenvalue weighted by molar-refractivity contribution is 1.45. The summed E-state index contributed by atoms with van der Waals surface area (Å²) in [5.74, 6) is 0. The number of hydrogen-bond acceptors (Lipinski definition) is 0. The lowest BCUT2D eigenvalue weighted by Crippen LogP contribution is -1.83. The van der Waals surface area contributed by atoms with E-state index in [9.17, 15) is 0 Å². The summed E-state index contributed by atoms with van der Waals surface area (Å²) in [7, 11) is 0. The van der Waals surface area contributed by atoms with Gasteiger partial charge >= 0.3 is 0 Å². The zero-order chi connectivity index (χ0) is 12.7. The summed E-state index contributed by atoms with van der Waals surface area (Å²) in [5.41, 5.74) is 10.7. The van der Waals surface area contributed by atoms with Crippen LogP contribution >= 0.6 is 0 Å². The van der Waals surface area contributed by atoms with Gasteiger partial charge in [0.1, 0.15) is 0 Å². The van der Waals surface area contributed by atoms with E-state index in [2.05, 4.69) is 36.3 Å². The Hall–Kier alpha value is -2.00. The van der Waals surface area contributed by atoms with Crippen LogP contribution in [-0.4, -0.2) is 0 Å². The maximum absolute atomic E-state index is 3.86. The van der Waals surface area contributed by atoms with E-state index in [4.69, 9.17) is 0 Å². The molecule has 0 spiro atoms. The maximum Gasteiger partial charge on any atom is 0.0234 e. The summed E-state index contributed by atoms with van der Waals surface area (Å²) < 4.78 is 0. The van der Waals surface area contributed by atoms with Crippen molar-refractivity contribution < 1.29 is 0 Å². The van der Waals surface area contributed by atoms with Crippen molar-refractivity contribution in [2.45, 2.75) is 20.8 Å². The highest BCUT2D eigenvalue weighted by molar-refractivity contribution is 5.49. The average Bonchev–Trinajstić information content (AvgIpc) is 2.27. The minimum Gasteiger partial charge on any atom is -0.117 e. The van der Waals surface area contributed by atoms with Crippen LogP contribution in [0.15, 0.2) is 82.9 Å². The molecule has 86 valence electrons. The summed E-state index contributed by atoms with van der Waals surface area (Å²) in [6.07, 6.45) is 14.0. The van der Waals surface area contributed by atoms with Gasteiger partial charge in [0.05, 0.1) is 0 Å². The Bertz CT molecular complexity index is 518.